The molecule has 0 unspecified atom stereocenters. The molecule has 0 saturated heterocycles. The van der Waals surface area contributed by atoms with Gasteiger partial charge in [0.15, 0.2) is 17.3 Å². The molecule has 9 heteroatoms. The van der Waals surface area contributed by atoms with E-state index in [1.54, 1.807) is 63.9 Å². The van der Waals surface area contributed by atoms with Crippen molar-refractivity contribution in [3.05, 3.63) is 80.0 Å². The van der Waals surface area contributed by atoms with Gasteiger partial charge in [-0.25, -0.2) is 4.98 Å². The molecule has 3 aromatic carbocycles. The van der Waals surface area contributed by atoms with Crippen LogP contribution in [0.15, 0.2) is 69.0 Å². The molecule has 7 nitrogen and oxygen atoms in total. The summed E-state index contributed by atoms with van der Waals surface area (Å²) in [7, 11) is 4.70. The first-order chi connectivity index (χ1) is 15.9. The quantitative estimate of drug-likeness (QED) is 0.314. The minimum atomic E-state index is -0.351. The first kappa shape index (κ1) is 22.8. The molecule has 0 atom stereocenters. The summed E-state index contributed by atoms with van der Waals surface area (Å²) in [5.74, 6) is 2.11. The Hall–Kier alpha value is -3.36. The van der Waals surface area contributed by atoms with Gasteiger partial charge in [0.2, 0.25) is 0 Å². The summed E-state index contributed by atoms with van der Waals surface area (Å²) in [4.78, 5) is 18.1. The van der Waals surface area contributed by atoms with Crippen molar-refractivity contribution in [2.24, 2.45) is 5.10 Å². The van der Waals surface area contributed by atoms with E-state index in [9.17, 15) is 4.79 Å². The average molecular weight is 529 g/mol. The van der Waals surface area contributed by atoms with Gasteiger partial charge in [0.1, 0.15) is 5.75 Å². The van der Waals surface area contributed by atoms with Crippen LogP contribution in [0.2, 0.25) is 5.02 Å². The fourth-order valence-electron chi connectivity index (χ4n) is 3.31. The highest BCUT2D eigenvalue weighted by Gasteiger charge is 2.15. The largest absolute Gasteiger partial charge is 0.496 e. The molecule has 4 aromatic rings. The maximum absolute atomic E-state index is 13.4. The van der Waals surface area contributed by atoms with Crippen LogP contribution in [0.1, 0.15) is 5.56 Å². The number of fused-ring (bicyclic) bond motifs is 1. The molecule has 0 bridgehead atoms. The number of rotatable bonds is 6. The molecule has 4 rings (SSSR count). The van der Waals surface area contributed by atoms with Crippen molar-refractivity contribution >= 4 is 44.6 Å². The number of benzene rings is 3. The van der Waals surface area contributed by atoms with Gasteiger partial charge in [-0.2, -0.15) is 9.78 Å². The summed E-state index contributed by atoms with van der Waals surface area (Å²) < 4.78 is 18.0. The van der Waals surface area contributed by atoms with Crippen LogP contribution in [0.3, 0.4) is 0 Å². The molecular weight excluding hydrogens is 510 g/mol. The number of nitrogens with zero attached hydrogens (tertiary/aromatic N) is 3. The van der Waals surface area contributed by atoms with Crippen LogP contribution in [0, 0.1) is 0 Å². The van der Waals surface area contributed by atoms with Gasteiger partial charge in [-0.3, -0.25) is 4.79 Å². The highest BCUT2D eigenvalue weighted by molar-refractivity contribution is 9.10. The summed E-state index contributed by atoms with van der Waals surface area (Å²) >= 11 is 9.59. The Balaban J connectivity index is 1.92. The number of hydrogen-bond acceptors (Lipinski definition) is 6. The number of methoxy groups -OCH3 is 3. The topological polar surface area (TPSA) is 74.9 Å². The van der Waals surface area contributed by atoms with E-state index in [2.05, 4.69) is 21.0 Å². The van der Waals surface area contributed by atoms with Crippen molar-refractivity contribution < 1.29 is 14.2 Å². The highest BCUT2D eigenvalue weighted by atomic mass is 79.9. The van der Waals surface area contributed by atoms with Crippen molar-refractivity contribution in [2.45, 2.75) is 0 Å². The lowest BCUT2D eigenvalue weighted by Gasteiger charge is -2.12. The van der Waals surface area contributed by atoms with Gasteiger partial charge in [-0.05, 0) is 76.1 Å². The molecule has 168 valence electrons. The van der Waals surface area contributed by atoms with Crippen LogP contribution in [0.25, 0.3) is 22.3 Å². The van der Waals surface area contributed by atoms with Crippen LogP contribution in [-0.4, -0.2) is 37.2 Å². The molecule has 0 amide bonds. The molecule has 0 aliphatic heterocycles. The predicted molar refractivity (Wildman–Crippen MR) is 133 cm³/mol. The minimum absolute atomic E-state index is 0.347. The zero-order valence-electron chi connectivity index (χ0n) is 18.0. The fraction of sp³-hybridized carbons (Fsp3) is 0.125. The molecule has 0 radical (unpaired) electrons. The average Bonchev–Trinajstić information content (AvgIpc) is 2.83. The molecule has 0 saturated carbocycles. The summed E-state index contributed by atoms with van der Waals surface area (Å²) in [5.41, 5.74) is 1.55. The van der Waals surface area contributed by atoms with E-state index < -0.39 is 0 Å². The predicted octanol–water partition coefficient (Wildman–Crippen LogP) is 5.39. The second kappa shape index (κ2) is 9.64. The maximum Gasteiger partial charge on any atom is 0.282 e. The second-order valence-corrected chi connectivity index (χ2v) is 8.21. The summed E-state index contributed by atoms with van der Waals surface area (Å²) in [6.07, 6.45) is 1.58. The lowest BCUT2D eigenvalue weighted by molar-refractivity contribution is 0.355. The van der Waals surface area contributed by atoms with Gasteiger partial charge in [-0.15, -0.1) is 0 Å². The van der Waals surface area contributed by atoms with Gasteiger partial charge >= 0.3 is 0 Å². The summed E-state index contributed by atoms with van der Waals surface area (Å²) in [6, 6.07) is 15.8. The number of halogens is 2. The molecule has 1 heterocycles. The second-order valence-electron chi connectivity index (χ2n) is 6.92. The van der Waals surface area contributed by atoms with Crippen LogP contribution < -0.4 is 19.8 Å². The lowest BCUT2D eigenvalue weighted by atomic mass is 10.1. The zero-order chi connectivity index (χ0) is 23.5. The highest BCUT2D eigenvalue weighted by Crippen LogP contribution is 2.32. The van der Waals surface area contributed by atoms with Crippen molar-refractivity contribution in [3.63, 3.8) is 0 Å². The van der Waals surface area contributed by atoms with Crippen molar-refractivity contribution in [1.29, 1.82) is 0 Å². The first-order valence-electron chi connectivity index (χ1n) is 9.77. The maximum atomic E-state index is 13.4. The van der Waals surface area contributed by atoms with E-state index in [0.29, 0.717) is 44.6 Å². The van der Waals surface area contributed by atoms with Crippen molar-refractivity contribution in [1.82, 2.24) is 9.66 Å². The van der Waals surface area contributed by atoms with Crippen LogP contribution >= 0.6 is 27.5 Å². The Morgan fingerprint density at radius 2 is 1.67 bits per heavy atom. The molecule has 0 spiro atoms. The van der Waals surface area contributed by atoms with Gasteiger partial charge in [0.05, 0.1) is 42.9 Å². The number of aromatic nitrogens is 2. The molecular formula is C24H19BrClN3O4. The van der Waals surface area contributed by atoms with Crippen LogP contribution in [0.4, 0.5) is 0 Å². The lowest BCUT2D eigenvalue weighted by Crippen LogP contribution is -2.20. The Morgan fingerprint density at radius 3 is 2.36 bits per heavy atom. The monoisotopic (exact) mass is 527 g/mol. The van der Waals surface area contributed by atoms with Crippen LogP contribution in [-0.2, 0) is 0 Å². The molecule has 0 N–H and O–H groups in total. The van der Waals surface area contributed by atoms with E-state index >= 15 is 0 Å². The molecule has 33 heavy (non-hydrogen) atoms. The zero-order valence-corrected chi connectivity index (χ0v) is 20.3. The smallest absolute Gasteiger partial charge is 0.282 e. The van der Waals surface area contributed by atoms with E-state index in [0.717, 1.165) is 10.0 Å². The Labute approximate surface area is 203 Å². The van der Waals surface area contributed by atoms with E-state index in [1.807, 2.05) is 18.2 Å². The molecule has 0 aliphatic rings. The SMILES string of the molecule is COc1ccc(C=Nn2c(-c3ccc(OC)c(OC)c3)nc3ccc(Cl)cc3c2=O)cc1Br. The third-order valence-electron chi connectivity index (χ3n) is 4.95. The van der Waals surface area contributed by atoms with E-state index in [4.69, 9.17) is 30.8 Å². The van der Waals surface area contributed by atoms with Crippen molar-refractivity contribution in [2.75, 3.05) is 21.3 Å². The van der Waals surface area contributed by atoms with E-state index in [1.165, 1.54) is 4.68 Å². The Kier molecular flexibility index (Phi) is 6.67. The fourth-order valence-corrected chi connectivity index (χ4v) is 4.04. The standard InChI is InChI=1S/C24H19BrClN3O4/c1-31-20-8-4-14(10-18(20)25)13-27-29-23(15-5-9-21(32-2)22(11-15)33-3)28-19-7-6-16(26)12-17(19)24(29)30/h4-13H,1-3H3. The number of ether oxygens (including phenoxy) is 3. The van der Waals surface area contributed by atoms with Crippen LogP contribution in [0.5, 0.6) is 17.2 Å². The van der Waals surface area contributed by atoms with Gasteiger partial charge in [0, 0.05) is 10.6 Å². The van der Waals surface area contributed by atoms with Gasteiger partial charge in [0.25, 0.3) is 5.56 Å². The summed E-state index contributed by atoms with van der Waals surface area (Å²) in [5, 5.41) is 5.27. The molecule has 0 fully saturated rings. The molecule has 0 aliphatic carbocycles. The number of hydrogen-bond donors (Lipinski definition) is 0. The van der Waals surface area contributed by atoms with E-state index in [-0.39, 0.29) is 5.56 Å². The Morgan fingerprint density at radius 1 is 0.939 bits per heavy atom. The van der Waals surface area contributed by atoms with Gasteiger partial charge < -0.3 is 14.2 Å². The third kappa shape index (κ3) is 4.58. The first-order valence-corrected chi connectivity index (χ1v) is 10.9. The Bertz CT molecular complexity index is 1440. The minimum Gasteiger partial charge on any atom is -0.496 e. The van der Waals surface area contributed by atoms with Gasteiger partial charge in [-0.1, -0.05) is 11.6 Å². The van der Waals surface area contributed by atoms with Crippen molar-refractivity contribution in [3.8, 4) is 28.6 Å². The molecule has 1 aromatic heterocycles. The normalized spacial score (nSPS) is 11.2. The summed E-state index contributed by atoms with van der Waals surface area (Å²) in [6.45, 7) is 0. The third-order valence-corrected chi connectivity index (χ3v) is 5.80.